The van der Waals surface area contributed by atoms with Crippen LogP contribution in [0.25, 0.3) is 11.4 Å². The van der Waals surface area contributed by atoms with Gasteiger partial charge in [-0.15, -0.1) is 0 Å². The highest BCUT2D eigenvalue weighted by molar-refractivity contribution is 6.46. The lowest BCUT2D eigenvalue weighted by molar-refractivity contribution is -0.140. The number of Topliss-reactive ketones (excluding diaryl/α,β-unsaturated/α-hetero) is 1. The molecule has 0 radical (unpaired) electrons. The summed E-state index contributed by atoms with van der Waals surface area (Å²) in [6, 6.07) is 15.8. The summed E-state index contributed by atoms with van der Waals surface area (Å²) in [7, 11) is 0. The number of likely N-dealkylation sites (tertiary alicyclic amines) is 1. The van der Waals surface area contributed by atoms with Gasteiger partial charge in [-0.1, -0.05) is 24.3 Å². The third-order valence-electron chi connectivity index (χ3n) is 5.90. The Morgan fingerprint density at radius 3 is 2.41 bits per heavy atom. The zero-order valence-electron chi connectivity index (χ0n) is 18.4. The zero-order chi connectivity index (χ0) is 23.7. The van der Waals surface area contributed by atoms with Gasteiger partial charge in [0.15, 0.2) is 0 Å². The first kappa shape index (κ1) is 21.3. The van der Waals surface area contributed by atoms with Crippen LogP contribution < -0.4 is 0 Å². The van der Waals surface area contributed by atoms with Crippen LogP contribution in [0.1, 0.15) is 28.4 Å². The summed E-state index contributed by atoms with van der Waals surface area (Å²) >= 11 is 0. The molecule has 0 saturated carbocycles. The Morgan fingerprint density at radius 1 is 0.941 bits per heavy atom. The number of nitrogens with zero attached hydrogens (tertiary/aromatic N) is 5. The van der Waals surface area contributed by atoms with Crippen molar-refractivity contribution in [1.29, 1.82) is 0 Å². The van der Waals surface area contributed by atoms with Crippen molar-refractivity contribution < 1.29 is 14.7 Å². The minimum Gasteiger partial charge on any atom is -0.507 e. The quantitative estimate of drug-likeness (QED) is 0.283. The third kappa shape index (κ3) is 3.65. The molecular weight excluding hydrogens is 430 g/mol. The van der Waals surface area contributed by atoms with Crippen molar-refractivity contribution in [3.8, 4) is 5.69 Å². The molecule has 8 heteroatoms. The zero-order valence-corrected chi connectivity index (χ0v) is 18.4. The molecule has 5 rings (SSSR count). The molecule has 8 nitrogen and oxygen atoms in total. The molecule has 1 amide bonds. The maximum atomic E-state index is 13.2. The number of benzene rings is 1. The molecule has 0 spiro atoms. The SMILES string of the molecule is Cc1c(/C(O)=C2\C(=O)C(=O)N(Cc3cccnc3)C2c2ccncc2)cnn1-c1ccccc1. The van der Waals surface area contributed by atoms with E-state index in [1.165, 1.54) is 11.1 Å². The second-order valence-electron chi connectivity index (χ2n) is 7.96. The molecule has 4 heterocycles. The van der Waals surface area contributed by atoms with Crippen molar-refractivity contribution in [2.24, 2.45) is 0 Å². The van der Waals surface area contributed by atoms with Gasteiger partial charge in [0, 0.05) is 31.3 Å². The maximum absolute atomic E-state index is 13.2. The van der Waals surface area contributed by atoms with Crippen molar-refractivity contribution in [3.05, 3.63) is 114 Å². The van der Waals surface area contributed by atoms with Gasteiger partial charge in [0.25, 0.3) is 11.7 Å². The lowest BCUT2D eigenvalue weighted by atomic mass is 9.96. The smallest absolute Gasteiger partial charge is 0.295 e. The Balaban J connectivity index is 1.64. The van der Waals surface area contributed by atoms with Gasteiger partial charge in [-0.2, -0.15) is 5.10 Å². The molecule has 1 saturated heterocycles. The number of hydrogen-bond acceptors (Lipinski definition) is 6. The monoisotopic (exact) mass is 451 g/mol. The molecule has 34 heavy (non-hydrogen) atoms. The number of ketones is 1. The molecule has 1 atom stereocenters. The van der Waals surface area contributed by atoms with Crippen LogP contribution in [0.3, 0.4) is 0 Å². The van der Waals surface area contributed by atoms with Crippen LogP contribution in [-0.2, 0) is 16.1 Å². The number of amides is 1. The van der Waals surface area contributed by atoms with E-state index in [1.54, 1.807) is 47.7 Å². The molecule has 1 unspecified atom stereocenters. The average molecular weight is 451 g/mol. The minimum atomic E-state index is -0.775. The van der Waals surface area contributed by atoms with Crippen LogP contribution in [-0.4, -0.2) is 41.4 Å². The van der Waals surface area contributed by atoms with Crippen LogP contribution in [0.15, 0.2) is 91.2 Å². The average Bonchev–Trinajstić information content (AvgIpc) is 3.38. The van der Waals surface area contributed by atoms with E-state index in [4.69, 9.17) is 0 Å². The van der Waals surface area contributed by atoms with Crippen LogP contribution in [0, 0.1) is 6.92 Å². The number of para-hydroxylation sites is 1. The van der Waals surface area contributed by atoms with Crippen molar-refractivity contribution in [2.75, 3.05) is 0 Å². The predicted molar refractivity (Wildman–Crippen MR) is 125 cm³/mol. The second-order valence-corrected chi connectivity index (χ2v) is 7.96. The number of aromatic nitrogens is 4. The number of rotatable bonds is 5. The van der Waals surface area contributed by atoms with Gasteiger partial charge in [-0.05, 0) is 48.4 Å². The lowest BCUT2D eigenvalue weighted by Crippen LogP contribution is -2.29. The fraction of sp³-hybridized carbons (Fsp3) is 0.115. The number of aliphatic hydroxyl groups excluding tert-OH is 1. The Hall–Kier alpha value is -4.59. The normalized spacial score (nSPS) is 17.3. The Kier molecular flexibility index (Phi) is 5.47. The van der Waals surface area contributed by atoms with Crippen LogP contribution in [0.4, 0.5) is 0 Å². The molecule has 1 aromatic carbocycles. The van der Waals surface area contributed by atoms with Crippen LogP contribution >= 0.6 is 0 Å². The van der Waals surface area contributed by atoms with E-state index in [-0.39, 0.29) is 17.9 Å². The Labute approximate surface area is 195 Å². The minimum absolute atomic E-state index is 0.0239. The van der Waals surface area contributed by atoms with E-state index in [1.807, 2.05) is 43.3 Å². The van der Waals surface area contributed by atoms with Gasteiger partial charge in [-0.25, -0.2) is 4.68 Å². The third-order valence-corrected chi connectivity index (χ3v) is 5.90. The van der Waals surface area contributed by atoms with E-state index in [9.17, 15) is 14.7 Å². The summed E-state index contributed by atoms with van der Waals surface area (Å²) in [6.45, 7) is 1.98. The van der Waals surface area contributed by atoms with E-state index in [2.05, 4.69) is 15.1 Å². The van der Waals surface area contributed by atoms with Gasteiger partial charge >= 0.3 is 0 Å². The Bertz CT molecular complexity index is 1380. The standard InChI is InChI=1S/C26H21N5O3/c1-17-21(15-29-31(17)20-7-3-2-4-8-20)24(32)22-23(19-9-12-27-13-10-19)30(26(34)25(22)33)16-18-6-5-11-28-14-18/h2-15,23,32H,16H2,1H3/b24-22+. The van der Waals surface area contributed by atoms with Gasteiger partial charge in [0.05, 0.1) is 34.8 Å². The van der Waals surface area contributed by atoms with Crippen molar-refractivity contribution in [2.45, 2.75) is 19.5 Å². The van der Waals surface area contributed by atoms with Gasteiger partial charge in [-0.3, -0.25) is 19.6 Å². The highest BCUT2D eigenvalue weighted by Gasteiger charge is 2.46. The summed E-state index contributed by atoms with van der Waals surface area (Å²) in [6.07, 6.45) is 7.99. The first-order valence-corrected chi connectivity index (χ1v) is 10.7. The maximum Gasteiger partial charge on any atom is 0.295 e. The molecule has 1 aliphatic rings. The summed E-state index contributed by atoms with van der Waals surface area (Å²) in [5, 5.41) is 15.8. The first-order valence-electron chi connectivity index (χ1n) is 10.7. The van der Waals surface area contributed by atoms with E-state index >= 15 is 0 Å². The van der Waals surface area contributed by atoms with Gasteiger partial charge in [0.1, 0.15) is 5.76 Å². The first-order chi connectivity index (χ1) is 16.6. The number of pyridine rings is 2. The highest BCUT2D eigenvalue weighted by Crippen LogP contribution is 2.40. The number of carbonyl (C=O) groups is 2. The molecule has 168 valence electrons. The topological polar surface area (TPSA) is 101 Å². The molecule has 1 aliphatic heterocycles. The van der Waals surface area contributed by atoms with Crippen molar-refractivity contribution in [1.82, 2.24) is 24.6 Å². The van der Waals surface area contributed by atoms with Gasteiger partial charge < -0.3 is 10.0 Å². The largest absolute Gasteiger partial charge is 0.507 e. The fourth-order valence-corrected chi connectivity index (χ4v) is 4.24. The molecule has 0 aliphatic carbocycles. The summed E-state index contributed by atoms with van der Waals surface area (Å²) < 4.78 is 1.68. The fourth-order valence-electron chi connectivity index (χ4n) is 4.24. The number of carbonyl (C=O) groups excluding carboxylic acids is 2. The van der Waals surface area contributed by atoms with Crippen LogP contribution in [0.5, 0.6) is 0 Å². The van der Waals surface area contributed by atoms with Crippen molar-refractivity contribution in [3.63, 3.8) is 0 Å². The molecular formula is C26H21N5O3. The van der Waals surface area contributed by atoms with E-state index in [0.29, 0.717) is 16.8 Å². The molecule has 1 N–H and O–H groups in total. The highest BCUT2D eigenvalue weighted by atomic mass is 16.3. The predicted octanol–water partition coefficient (Wildman–Crippen LogP) is 3.59. The molecule has 1 fully saturated rings. The van der Waals surface area contributed by atoms with Crippen LogP contribution in [0.2, 0.25) is 0 Å². The van der Waals surface area contributed by atoms with E-state index in [0.717, 1.165) is 11.3 Å². The van der Waals surface area contributed by atoms with E-state index < -0.39 is 17.7 Å². The summed E-state index contributed by atoms with van der Waals surface area (Å²) in [4.78, 5) is 36.0. The van der Waals surface area contributed by atoms with Gasteiger partial charge in [0.2, 0.25) is 0 Å². The Morgan fingerprint density at radius 2 is 1.71 bits per heavy atom. The molecule has 3 aromatic heterocycles. The number of hydrogen-bond donors (Lipinski definition) is 1. The molecule has 0 bridgehead atoms. The lowest BCUT2D eigenvalue weighted by Gasteiger charge is -2.25. The summed E-state index contributed by atoms with van der Waals surface area (Å²) in [5.74, 6) is -1.68. The summed E-state index contributed by atoms with van der Waals surface area (Å²) in [5.41, 5.74) is 3.33. The molecule has 4 aromatic rings. The van der Waals surface area contributed by atoms with Crippen molar-refractivity contribution >= 4 is 17.4 Å². The second kappa shape index (κ2) is 8.74. The number of aliphatic hydroxyl groups is 1.